The highest BCUT2D eigenvalue weighted by atomic mass is 79.9. The van der Waals surface area contributed by atoms with Crippen molar-refractivity contribution in [3.63, 3.8) is 0 Å². The molecule has 1 fully saturated rings. The summed E-state index contributed by atoms with van der Waals surface area (Å²) in [4.78, 5) is 14.6. The second kappa shape index (κ2) is 7.14. The first kappa shape index (κ1) is 18.3. The zero-order valence-electron chi connectivity index (χ0n) is 14.2. The Hall–Kier alpha value is -2.09. The van der Waals surface area contributed by atoms with Crippen molar-refractivity contribution in [2.24, 2.45) is 5.84 Å². The minimum absolute atomic E-state index is 0.0341. The van der Waals surface area contributed by atoms with Crippen LogP contribution in [0.2, 0.25) is 0 Å². The molecule has 0 bridgehead atoms. The van der Waals surface area contributed by atoms with Crippen LogP contribution in [0.25, 0.3) is 10.8 Å². The van der Waals surface area contributed by atoms with E-state index in [1.807, 2.05) is 35.2 Å². The third-order valence-electron chi connectivity index (χ3n) is 5.05. The van der Waals surface area contributed by atoms with E-state index in [1.54, 1.807) is 0 Å². The van der Waals surface area contributed by atoms with Crippen LogP contribution in [-0.4, -0.2) is 23.6 Å². The summed E-state index contributed by atoms with van der Waals surface area (Å²) < 4.78 is 1.17. The first-order valence-electron chi connectivity index (χ1n) is 8.43. The normalized spacial score (nSPS) is 19.0. The smallest absolute Gasteiger partial charge is 0.257 e. The number of nitrogens with zero attached hydrogens (tertiary/aromatic N) is 1. The van der Waals surface area contributed by atoms with E-state index in [-0.39, 0.29) is 17.6 Å². The molecule has 3 aromatic rings. The van der Waals surface area contributed by atoms with Crippen molar-refractivity contribution >= 4 is 54.2 Å². The first-order valence-corrected chi connectivity index (χ1v) is 10.0. The average Bonchev–Trinajstić information content (AvgIpc) is 2.65. The van der Waals surface area contributed by atoms with Crippen molar-refractivity contribution < 1.29 is 9.90 Å². The summed E-state index contributed by atoms with van der Waals surface area (Å²) >= 11 is 6.72. The highest BCUT2D eigenvalue weighted by Crippen LogP contribution is 2.43. The molecule has 27 heavy (non-hydrogen) atoms. The van der Waals surface area contributed by atoms with Crippen LogP contribution in [0.1, 0.15) is 11.5 Å². The largest absolute Gasteiger partial charge is 0.506 e. The summed E-state index contributed by atoms with van der Waals surface area (Å²) in [5, 5.41) is 12.2. The Morgan fingerprint density at radius 3 is 2.41 bits per heavy atom. The topological polar surface area (TPSA) is 78.6 Å². The lowest BCUT2D eigenvalue weighted by Crippen LogP contribution is -2.62. The summed E-state index contributed by atoms with van der Waals surface area (Å²) in [5.74, 6) is 5.33. The van der Waals surface area contributed by atoms with E-state index in [1.165, 1.54) is 0 Å². The van der Waals surface area contributed by atoms with E-state index in [4.69, 9.17) is 5.84 Å². The van der Waals surface area contributed by atoms with Gasteiger partial charge in [-0.2, -0.15) is 0 Å². The van der Waals surface area contributed by atoms with Crippen molar-refractivity contribution in [1.82, 2.24) is 5.43 Å². The molecule has 1 aliphatic rings. The SMILES string of the molecule is NNC(=O)C1C(c2cc(Br)c(O)c(Br)c2)CN1c1ccc2ccccc2c1. The number of hydrogen-bond acceptors (Lipinski definition) is 4. The van der Waals surface area contributed by atoms with Crippen LogP contribution < -0.4 is 16.2 Å². The molecule has 0 aromatic heterocycles. The molecular weight excluding hydrogens is 474 g/mol. The van der Waals surface area contributed by atoms with Gasteiger partial charge < -0.3 is 10.0 Å². The van der Waals surface area contributed by atoms with Gasteiger partial charge in [-0.05, 0) is 72.5 Å². The lowest BCUT2D eigenvalue weighted by molar-refractivity contribution is -0.124. The molecule has 0 aliphatic carbocycles. The van der Waals surface area contributed by atoms with Crippen molar-refractivity contribution in [3.8, 4) is 5.75 Å². The second-order valence-corrected chi connectivity index (χ2v) is 8.29. The molecule has 1 heterocycles. The lowest BCUT2D eigenvalue weighted by atomic mass is 9.81. The van der Waals surface area contributed by atoms with Gasteiger partial charge in [0, 0.05) is 18.2 Å². The number of benzene rings is 3. The molecule has 1 amide bonds. The van der Waals surface area contributed by atoms with Crippen LogP contribution in [0, 0.1) is 0 Å². The van der Waals surface area contributed by atoms with Crippen LogP contribution in [-0.2, 0) is 4.79 Å². The lowest BCUT2D eigenvalue weighted by Gasteiger charge is -2.48. The van der Waals surface area contributed by atoms with Gasteiger partial charge in [0.2, 0.25) is 0 Å². The molecule has 0 spiro atoms. The number of rotatable bonds is 3. The number of aromatic hydroxyl groups is 1. The number of anilines is 1. The predicted molar refractivity (Wildman–Crippen MR) is 114 cm³/mol. The number of nitrogens with one attached hydrogen (secondary N) is 1. The minimum atomic E-state index is -0.417. The molecule has 4 rings (SSSR count). The van der Waals surface area contributed by atoms with Crippen LogP contribution in [0.5, 0.6) is 5.75 Å². The van der Waals surface area contributed by atoms with E-state index in [0.29, 0.717) is 15.5 Å². The third-order valence-corrected chi connectivity index (χ3v) is 6.26. The van der Waals surface area contributed by atoms with Gasteiger partial charge in [-0.15, -0.1) is 0 Å². The molecule has 3 aromatic carbocycles. The van der Waals surface area contributed by atoms with Crippen LogP contribution in [0.3, 0.4) is 0 Å². The van der Waals surface area contributed by atoms with Gasteiger partial charge in [0.15, 0.2) is 0 Å². The van der Waals surface area contributed by atoms with Gasteiger partial charge >= 0.3 is 0 Å². The Morgan fingerprint density at radius 2 is 1.74 bits per heavy atom. The van der Waals surface area contributed by atoms with Crippen LogP contribution in [0.4, 0.5) is 5.69 Å². The number of carbonyl (C=O) groups excluding carboxylic acids is 1. The van der Waals surface area contributed by atoms with Crippen LogP contribution in [0.15, 0.2) is 63.5 Å². The molecule has 2 atom stereocenters. The van der Waals surface area contributed by atoms with E-state index in [9.17, 15) is 9.90 Å². The Balaban J connectivity index is 1.70. The number of hydrogen-bond donors (Lipinski definition) is 3. The zero-order valence-corrected chi connectivity index (χ0v) is 17.4. The summed E-state index contributed by atoms with van der Waals surface area (Å²) in [6.07, 6.45) is 0. The zero-order chi connectivity index (χ0) is 19.1. The van der Waals surface area contributed by atoms with Crippen LogP contribution >= 0.6 is 31.9 Å². The van der Waals surface area contributed by atoms with Gasteiger partial charge in [-0.1, -0.05) is 30.3 Å². The number of phenols is 1. The molecule has 0 saturated carbocycles. The van der Waals surface area contributed by atoms with Gasteiger partial charge in [-0.25, -0.2) is 5.84 Å². The average molecular weight is 491 g/mol. The first-order chi connectivity index (χ1) is 13.0. The number of amides is 1. The summed E-state index contributed by atoms with van der Waals surface area (Å²) in [7, 11) is 0. The minimum Gasteiger partial charge on any atom is -0.506 e. The summed E-state index contributed by atoms with van der Waals surface area (Å²) in [5.41, 5.74) is 4.23. The maximum absolute atomic E-state index is 12.5. The Kier molecular flexibility index (Phi) is 4.84. The van der Waals surface area contributed by atoms with Crippen molar-refractivity contribution in [2.45, 2.75) is 12.0 Å². The fourth-order valence-corrected chi connectivity index (χ4v) is 4.84. The molecule has 4 N–H and O–H groups in total. The highest BCUT2D eigenvalue weighted by Gasteiger charge is 2.45. The predicted octanol–water partition coefficient (Wildman–Crippen LogP) is 4.03. The monoisotopic (exact) mass is 489 g/mol. The van der Waals surface area contributed by atoms with E-state index >= 15 is 0 Å². The molecule has 7 heteroatoms. The van der Waals surface area contributed by atoms with Crippen molar-refractivity contribution in [1.29, 1.82) is 0 Å². The fraction of sp³-hybridized carbons (Fsp3) is 0.150. The number of halogens is 2. The molecule has 1 saturated heterocycles. The number of carbonyl (C=O) groups is 1. The summed E-state index contributed by atoms with van der Waals surface area (Å²) in [6, 6.07) is 17.6. The molecule has 2 unspecified atom stereocenters. The van der Waals surface area contributed by atoms with Crippen molar-refractivity contribution in [2.75, 3.05) is 11.4 Å². The van der Waals surface area contributed by atoms with Gasteiger partial charge in [0.25, 0.3) is 5.91 Å². The van der Waals surface area contributed by atoms with E-state index in [0.717, 1.165) is 22.0 Å². The highest BCUT2D eigenvalue weighted by molar-refractivity contribution is 9.11. The fourth-order valence-electron chi connectivity index (χ4n) is 3.62. The molecule has 1 aliphatic heterocycles. The third kappa shape index (κ3) is 3.20. The second-order valence-electron chi connectivity index (χ2n) is 6.58. The summed E-state index contributed by atoms with van der Waals surface area (Å²) in [6.45, 7) is 0.681. The Bertz CT molecular complexity index is 1020. The Morgan fingerprint density at radius 1 is 1.07 bits per heavy atom. The number of hydrazine groups is 1. The number of phenolic OH excluding ortho intramolecular Hbond substituents is 1. The maximum atomic E-state index is 12.5. The molecule has 0 radical (unpaired) electrons. The van der Waals surface area contributed by atoms with Crippen molar-refractivity contribution in [3.05, 3.63) is 69.1 Å². The maximum Gasteiger partial charge on any atom is 0.257 e. The Labute approximate surface area is 173 Å². The van der Waals surface area contributed by atoms with Gasteiger partial charge in [-0.3, -0.25) is 10.2 Å². The number of fused-ring (bicyclic) bond motifs is 1. The molecular formula is C20H17Br2N3O2. The molecule has 5 nitrogen and oxygen atoms in total. The molecule has 138 valence electrons. The number of nitrogens with two attached hydrogens (primary N) is 1. The van der Waals surface area contributed by atoms with E-state index in [2.05, 4.69) is 61.6 Å². The van der Waals surface area contributed by atoms with Gasteiger partial charge in [0.05, 0.1) is 8.95 Å². The quantitative estimate of drug-likeness (QED) is 0.294. The standard InChI is InChI=1S/C20H17Br2N3O2/c21-16-8-13(9-17(22)19(16)26)15-10-25(18(15)20(27)24-23)14-6-5-11-3-1-2-4-12(11)7-14/h1-9,15,18,26H,10,23H2,(H,24,27). The van der Waals surface area contributed by atoms with Gasteiger partial charge in [0.1, 0.15) is 11.8 Å². The van der Waals surface area contributed by atoms with E-state index < -0.39 is 6.04 Å².